The van der Waals surface area contributed by atoms with Gasteiger partial charge >= 0.3 is 0 Å². The Morgan fingerprint density at radius 2 is 1.77 bits per heavy atom. The zero-order valence-electron chi connectivity index (χ0n) is 16.2. The first-order chi connectivity index (χ1) is 11.4. The van der Waals surface area contributed by atoms with Gasteiger partial charge in [0.15, 0.2) is 5.76 Å². The van der Waals surface area contributed by atoms with Crippen LogP contribution in [-0.4, -0.2) is 29.8 Å². The number of aromatic nitrogens is 2. The minimum atomic E-state index is -3.83. The monoisotopic (exact) mass is 453 g/mol. The molecule has 1 N–H and O–H groups in total. The number of fused-ring (bicyclic) bond motifs is 1. The van der Waals surface area contributed by atoms with E-state index in [1.807, 2.05) is 32.9 Å². The summed E-state index contributed by atoms with van der Waals surface area (Å²) >= 11 is 0. The maximum absolute atomic E-state index is 13.0. The number of sulfonamides is 1. The zero-order chi connectivity index (χ0) is 18.1. The van der Waals surface area contributed by atoms with Crippen molar-refractivity contribution in [1.29, 1.82) is 0 Å². The molecule has 0 aliphatic carbocycles. The van der Waals surface area contributed by atoms with Gasteiger partial charge in [-0.05, 0) is 19.4 Å². The molecular formula is C18H26N3O3SY-. The number of anilines is 1. The SMILES string of the molecule is CC.CCN1c2cnn(C)c2C(O)=C(c2ccccc2C)S1(=O)=O.[CH3-].[Y]. The summed E-state index contributed by atoms with van der Waals surface area (Å²) in [7, 11) is -2.15. The number of aliphatic hydroxyl groups excluding tert-OH is 1. The largest absolute Gasteiger partial charge is 0.504 e. The van der Waals surface area contributed by atoms with E-state index >= 15 is 0 Å². The fourth-order valence-corrected chi connectivity index (χ4v) is 4.59. The molecule has 141 valence electrons. The maximum atomic E-state index is 13.0. The number of hydrogen-bond donors (Lipinski definition) is 1. The second kappa shape index (κ2) is 9.67. The van der Waals surface area contributed by atoms with E-state index in [2.05, 4.69) is 5.10 Å². The molecule has 0 bridgehead atoms. The molecule has 1 aromatic heterocycles. The van der Waals surface area contributed by atoms with E-state index in [0.29, 0.717) is 16.9 Å². The van der Waals surface area contributed by atoms with Gasteiger partial charge in [-0.2, -0.15) is 5.10 Å². The molecule has 0 fully saturated rings. The predicted molar refractivity (Wildman–Crippen MR) is 104 cm³/mol. The third-order valence-corrected chi connectivity index (χ3v) is 5.82. The van der Waals surface area contributed by atoms with Crippen LogP contribution in [0.1, 0.15) is 37.6 Å². The molecule has 8 heteroatoms. The molecule has 1 aliphatic rings. The molecule has 2 aromatic rings. The third kappa shape index (κ3) is 3.90. The quantitative estimate of drug-likeness (QED) is 0.703. The second-order valence-electron chi connectivity index (χ2n) is 5.16. The smallest absolute Gasteiger partial charge is 0.268 e. The average Bonchev–Trinajstić information content (AvgIpc) is 2.92. The number of aliphatic hydroxyl groups is 1. The zero-order valence-corrected chi connectivity index (χ0v) is 19.8. The fourth-order valence-electron chi connectivity index (χ4n) is 2.79. The van der Waals surface area contributed by atoms with E-state index in [1.165, 1.54) is 15.2 Å². The van der Waals surface area contributed by atoms with Gasteiger partial charge in [0.25, 0.3) is 10.0 Å². The average molecular weight is 453 g/mol. The third-order valence-electron chi connectivity index (χ3n) is 3.85. The first-order valence-electron chi connectivity index (χ1n) is 7.94. The van der Waals surface area contributed by atoms with Gasteiger partial charge in [-0.15, -0.1) is 0 Å². The van der Waals surface area contributed by atoms with Crippen molar-refractivity contribution in [3.8, 4) is 0 Å². The molecule has 3 rings (SSSR count). The molecule has 6 nitrogen and oxygen atoms in total. The van der Waals surface area contributed by atoms with E-state index in [1.54, 1.807) is 26.1 Å². The molecule has 26 heavy (non-hydrogen) atoms. The van der Waals surface area contributed by atoms with Gasteiger partial charge in [0.1, 0.15) is 16.3 Å². The van der Waals surface area contributed by atoms with Crippen molar-refractivity contribution < 1.29 is 46.2 Å². The Labute approximate surface area is 181 Å². The summed E-state index contributed by atoms with van der Waals surface area (Å²) in [5.41, 5.74) is 2.11. The Morgan fingerprint density at radius 1 is 1.19 bits per heavy atom. The summed E-state index contributed by atoms with van der Waals surface area (Å²) in [6, 6.07) is 7.11. The van der Waals surface area contributed by atoms with Crippen LogP contribution in [0.25, 0.3) is 10.7 Å². The second-order valence-corrected chi connectivity index (χ2v) is 6.96. The number of aryl methyl sites for hydroxylation is 2. The molecule has 0 spiro atoms. The standard InChI is InChI=1S/C15H17N3O3S.C2H6.CH3.Y/c1-4-18-12-9-16-17(3)13(12)14(19)15(22(18,20)21)11-8-6-5-7-10(11)2;1-2;;/h5-9,19H,4H2,1-3H3;1-2H3;1H3;/q;;-1;. The van der Waals surface area contributed by atoms with Crippen LogP contribution in [0.5, 0.6) is 0 Å². The van der Waals surface area contributed by atoms with Crippen LogP contribution in [-0.2, 0) is 49.8 Å². The maximum Gasteiger partial charge on any atom is 0.268 e. The van der Waals surface area contributed by atoms with Crippen molar-refractivity contribution in [1.82, 2.24) is 9.78 Å². The summed E-state index contributed by atoms with van der Waals surface area (Å²) in [6.07, 6.45) is 1.46. The molecule has 1 radical (unpaired) electrons. The van der Waals surface area contributed by atoms with Crippen LogP contribution in [0.15, 0.2) is 30.5 Å². The number of rotatable bonds is 2. The van der Waals surface area contributed by atoms with Crippen LogP contribution in [0.2, 0.25) is 0 Å². The predicted octanol–water partition coefficient (Wildman–Crippen LogP) is 3.76. The fraction of sp³-hybridized carbons (Fsp3) is 0.333. The molecule has 0 saturated heterocycles. The van der Waals surface area contributed by atoms with Gasteiger partial charge < -0.3 is 12.5 Å². The normalized spacial score (nSPS) is 14.4. The van der Waals surface area contributed by atoms with Gasteiger partial charge in [-0.25, -0.2) is 8.42 Å². The number of nitrogens with zero attached hydrogens (tertiary/aromatic N) is 3. The molecule has 1 aromatic carbocycles. The van der Waals surface area contributed by atoms with Crippen LogP contribution < -0.4 is 4.31 Å². The summed E-state index contributed by atoms with van der Waals surface area (Å²) in [5, 5.41) is 14.7. The minimum absolute atomic E-state index is 0. The van der Waals surface area contributed by atoms with Crippen molar-refractivity contribution in [3.63, 3.8) is 0 Å². The van der Waals surface area contributed by atoms with E-state index in [0.717, 1.165) is 5.56 Å². The molecule has 0 amide bonds. The molecule has 0 unspecified atom stereocenters. The molecule has 2 heterocycles. The Hall–Kier alpha value is -1.18. The van der Waals surface area contributed by atoms with Gasteiger partial charge in [0, 0.05) is 51.9 Å². The van der Waals surface area contributed by atoms with Crippen LogP contribution in [0.3, 0.4) is 0 Å². The Morgan fingerprint density at radius 3 is 2.31 bits per heavy atom. The van der Waals surface area contributed by atoms with Crippen molar-refractivity contribution >= 4 is 26.4 Å². The van der Waals surface area contributed by atoms with Crippen molar-refractivity contribution in [2.75, 3.05) is 10.8 Å². The molecule has 1 aliphatic heterocycles. The first-order valence-corrected chi connectivity index (χ1v) is 9.38. The first kappa shape index (κ1) is 24.8. The van der Waals surface area contributed by atoms with Crippen molar-refractivity contribution in [2.45, 2.75) is 27.7 Å². The minimum Gasteiger partial charge on any atom is -0.504 e. The van der Waals surface area contributed by atoms with E-state index in [-0.39, 0.29) is 57.3 Å². The van der Waals surface area contributed by atoms with Crippen molar-refractivity contribution in [2.24, 2.45) is 7.05 Å². The molecule has 0 atom stereocenters. The van der Waals surface area contributed by atoms with E-state index < -0.39 is 10.0 Å². The van der Waals surface area contributed by atoms with Crippen molar-refractivity contribution in [3.05, 3.63) is 54.7 Å². The van der Waals surface area contributed by atoms with E-state index in [9.17, 15) is 13.5 Å². The molecule has 0 saturated carbocycles. The summed E-state index contributed by atoms with van der Waals surface area (Å²) in [6.45, 7) is 7.84. The summed E-state index contributed by atoms with van der Waals surface area (Å²) < 4.78 is 28.7. The number of hydrogen-bond acceptors (Lipinski definition) is 4. The van der Waals surface area contributed by atoms with Gasteiger partial charge in [-0.3, -0.25) is 8.99 Å². The Balaban J connectivity index is 0.00000151. The topological polar surface area (TPSA) is 75.4 Å². The summed E-state index contributed by atoms with van der Waals surface area (Å²) in [4.78, 5) is -0.0662. The van der Waals surface area contributed by atoms with Gasteiger partial charge in [0.05, 0.1) is 6.20 Å². The van der Waals surface area contributed by atoms with Crippen LogP contribution in [0, 0.1) is 14.4 Å². The van der Waals surface area contributed by atoms with Gasteiger partial charge in [0.2, 0.25) is 0 Å². The van der Waals surface area contributed by atoms with Crippen LogP contribution in [0.4, 0.5) is 5.69 Å². The Bertz CT molecular complexity index is 889. The number of benzene rings is 1. The summed E-state index contributed by atoms with van der Waals surface area (Å²) in [5.74, 6) is -0.256. The van der Waals surface area contributed by atoms with E-state index in [4.69, 9.17) is 0 Å². The Kier molecular flexibility index (Phi) is 9.23. The molecular weight excluding hydrogens is 427 g/mol. The van der Waals surface area contributed by atoms with Gasteiger partial charge in [-0.1, -0.05) is 38.1 Å². The van der Waals surface area contributed by atoms with Crippen LogP contribution >= 0.6 is 0 Å².